The maximum Gasteiger partial charge on any atom is 0.309 e. The molecule has 0 spiro atoms. The molecule has 2 fully saturated rings. The molecule has 1 N–H and O–H groups in total. The molecule has 6 heteroatoms. The summed E-state index contributed by atoms with van der Waals surface area (Å²) in [7, 11) is -1.96. The maximum atomic E-state index is 11.8. The second-order valence-corrected chi connectivity index (χ2v) is 12.6. The molecule has 5 nitrogen and oxygen atoms in total. The summed E-state index contributed by atoms with van der Waals surface area (Å²) in [5.74, 6) is -0.311. The van der Waals surface area contributed by atoms with Crippen molar-refractivity contribution in [2.45, 2.75) is 76.0 Å². The van der Waals surface area contributed by atoms with Crippen molar-refractivity contribution < 1.29 is 23.8 Å². The predicted octanol–water partition coefficient (Wildman–Crippen LogP) is 2.23. The average molecular weight is 316 g/mol. The lowest BCUT2D eigenvalue weighted by Gasteiger charge is -2.42. The molecule has 0 amide bonds. The van der Waals surface area contributed by atoms with Crippen LogP contribution in [-0.2, 0) is 18.7 Å². The molecule has 0 aromatic carbocycles. The van der Waals surface area contributed by atoms with Crippen molar-refractivity contribution in [2.24, 2.45) is 0 Å². The second-order valence-electron chi connectivity index (χ2n) is 7.76. The first kappa shape index (κ1) is 16.9. The van der Waals surface area contributed by atoms with Gasteiger partial charge in [0.2, 0.25) is 0 Å². The van der Waals surface area contributed by atoms with E-state index in [0.29, 0.717) is 13.0 Å². The first-order valence-electron chi connectivity index (χ1n) is 7.67. The molecule has 0 saturated carbocycles. The van der Waals surface area contributed by atoms with Crippen molar-refractivity contribution in [3.05, 3.63) is 0 Å². The van der Waals surface area contributed by atoms with Gasteiger partial charge in [-0.25, -0.2) is 0 Å². The van der Waals surface area contributed by atoms with E-state index in [9.17, 15) is 9.90 Å². The zero-order chi connectivity index (χ0) is 16.1. The fourth-order valence-electron chi connectivity index (χ4n) is 2.99. The quantitative estimate of drug-likeness (QED) is 0.636. The SMILES string of the molecule is CC[C@@]12OC(=O)C[C@]1(CO[Si](C)(C)C(C)(C)C)OC[C@H]2O. The Morgan fingerprint density at radius 2 is 2.05 bits per heavy atom. The largest absolute Gasteiger partial charge is 0.453 e. The van der Waals surface area contributed by atoms with E-state index in [1.54, 1.807) is 0 Å². The van der Waals surface area contributed by atoms with Crippen LogP contribution in [0.3, 0.4) is 0 Å². The van der Waals surface area contributed by atoms with Crippen molar-refractivity contribution in [1.29, 1.82) is 0 Å². The summed E-state index contributed by atoms with van der Waals surface area (Å²) in [5.41, 5.74) is -1.79. The van der Waals surface area contributed by atoms with Crippen LogP contribution >= 0.6 is 0 Å². The van der Waals surface area contributed by atoms with Gasteiger partial charge in [-0.3, -0.25) is 4.79 Å². The highest BCUT2D eigenvalue weighted by Crippen LogP contribution is 2.50. The van der Waals surface area contributed by atoms with E-state index in [1.165, 1.54) is 0 Å². The third kappa shape index (κ3) is 2.46. The lowest BCUT2D eigenvalue weighted by molar-refractivity contribution is -0.163. The Balaban J connectivity index is 2.23. The van der Waals surface area contributed by atoms with Crippen LogP contribution in [0.25, 0.3) is 0 Å². The summed E-state index contributed by atoms with van der Waals surface area (Å²) in [6.45, 7) is 13.3. The van der Waals surface area contributed by atoms with Crippen molar-refractivity contribution in [2.75, 3.05) is 13.2 Å². The van der Waals surface area contributed by atoms with E-state index >= 15 is 0 Å². The summed E-state index contributed by atoms with van der Waals surface area (Å²) in [5, 5.41) is 10.4. The summed E-state index contributed by atoms with van der Waals surface area (Å²) in [6.07, 6.45) is -0.0928. The molecule has 0 unspecified atom stereocenters. The normalized spacial score (nSPS) is 36.7. The second kappa shape index (κ2) is 5.04. The van der Waals surface area contributed by atoms with E-state index in [2.05, 4.69) is 33.9 Å². The standard InChI is InChI=1S/C15H28O5Si/c1-7-15-11(16)9-18-14(15,8-12(17)20-15)10-19-21(5,6)13(2,3)4/h11,16H,7-10H2,1-6H3/t11-,14-,15+/m1/s1. The van der Waals surface area contributed by atoms with Crippen LogP contribution in [0.2, 0.25) is 18.1 Å². The summed E-state index contributed by atoms with van der Waals surface area (Å²) >= 11 is 0. The Hall–Kier alpha value is -0.433. The Labute approximate surface area is 128 Å². The van der Waals surface area contributed by atoms with E-state index in [4.69, 9.17) is 13.9 Å². The van der Waals surface area contributed by atoms with Crippen molar-refractivity contribution in [3.63, 3.8) is 0 Å². The van der Waals surface area contributed by atoms with E-state index in [-0.39, 0.29) is 24.0 Å². The number of aliphatic hydroxyl groups is 1. The van der Waals surface area contributed by atoms with Crippen molar-refractivity contribution in [1.82, 2.24) is 0 Å². The first-order valence-corrected chi connectivity index (χ1v) is 10.6. The van der Waals surface area contributed by atoms with Gasteiger partial charge >= 0.3 is 5.97 Å². The molecule has 3 atom stereocenters. The molecule has 2 heterocycles. The Morgan fingerprint density at radius 1 is 1.43 bits per heavy atom. The van der Waals surface area contributed by atoms with Crippen molar-refractivity contribution >= 4 is 14.3 Å². The van der Waals surface area contributed by atoms with Gasteiger partial charge in [-0.15, -0.1) is 0 Å². The number of rotatable bonds is 4. The highest BCUT2D eigenvalue weighted by molar-refractivity contribution is 6.74. The molecular weight excluding hydrogens is 288 g/mol. The molecule has 0 aromatic rings. The zero-order valence-corrected chi connectivity index (χ0v) is 15.0. The molecular formula is C15H28O5Si. The number of hydrogen-bond acceptors (Lipinski definition) is 5. The third-order valence-electron chi connectivity index (χ3n) is 5.55. The van der Waals surface area contributed by atoms with Crippen LogP contribution in [0.5, 0.6) is 0 Å². The van der Waals surface area contributed by atoms with Crippen LogP contribution in [0.4, 0.5) is 0 Å². The van der Waals surface area contributed by atoms with Crippen LogP contribution in [-0.4, -0.2) is 49.9 Å². The van der Waals surface area contributed by atoms with Crippen LogP contribution < -0.4 is 0 Å². The summed E-state index contributed by atoms with van der Waals surface area (Å²) in [6, 6.07) is 0. The lowest BCUT2D eigenvalue weighted by atomic mass is 9.79. The van der Waals surface area contributed by atoms with E-state index in [1.807, 2.05) is 6.92 Å². The molecule has 0 aromatic heterocycles. The molecule has 0 bridgehead atoms. The Bertz CT molecular complexity index is 430. The van der Waals surface area contributed by atoms with Crippen LogP contribution in [0.15, 0.2) is 0 Å². The monoisotopic (exact) mass is 316 g/mol. The average Bonchev–Trinajstić information content (AvgIpc) is 2.78. The Kier molecular flexibility index (Phi) is 4.07. The number of carbonyl (C=O) groups is 1. The maximum absolute atomic E-state index is 11.8. The van der Waals surface area contributed by atoms with Gasteiger partial charge < -0.3 is 19.0 Å². The predicted molar refractivity (Wildman–Crippen MR) is 81.6 cm³/mol. The van der Waals surface area contributed by atoms with E-state index in [0.717, 1.165) is 0 Å². The van der Waals surface area contributed by atoms with Gasteiger partial charge in [0.05, 0.1) is 19.6 Å². The molecule has 0 radical (unpaired) electrons. The van der Waals surface area contributed by atoms with Gasteiger partial charge in [-0.05, 0) is 24.6 Å². The molecule has 0 aliphatic carbocycles. The van der Waals surface area contributed by atoms with Gasteiger partial charge in [-0.2, -0.15) is 0 Å². The molecule has 2 saturated heterocycles. The molecule has 2 aliphatic heterocycles. The van der Waals surface area contributed by atoms with Crippen LogP contribution in [0.1, 0.15) is 40.5 Å². The number of aliphatic hydroxyl groups excluding tert-OH is 1. The number of hydrogen-bond donors (Lipinski definition) is 1. The highest BCUT2D eigenvalue weighted by atomic mass is 28.4. The fraction of sp³-hybridized carbons (Fsp3) is 0.933. The molecule has 2 rings (SSSR count). The molecule has 21 heavy (non-hydrogen) atoms. The van der Waals surface area contributed by atoms with Crippen LogP contribution in [0, 0.1) is 0 Å². The fourth-order valence-corrected chi connectivity index (χ4v) is 4.02. The molecule has 2 aliphatic rings. The number of ether oxygens (including phenoxy) is 2. The van der Waals surface area contributed by atoms with Crippen molar-refractivity contribution in [3.8, 4) is 0 Å². The van der Waals surface area contributed by atoms with Gasteiger partial charge in [0.15, 0.2) is 13.9 Å². The van der Waals surface area contributed by atoms with Gasteiger partial charge in [0.25, 0.3) is 0 Å². The highest BCUT2D eigenvalue weighted by Gasteiger charge is 2.69. The zero-order valence-electron chi connectivity index (χ0n) is 14.0. The Morgan fingerprint density at radius 3 is 2.57 bits per heavy atom. The minimum atomic E-state index is -1.96. The minimum absolute atomic E-state index is 0.0825. The number of esters is 1. The summed E-state index contributed by atoms with van der Waals surface area (Å²) in [4.78, 5) is 11.8. The summed E-state index contributed by atoms with van der Waals surface area (Å²) < 4.78 is 17.6. The van der Waals surface area contributed by atoms with Gasteiger partial charge in [0.1, 0.15) is 11.7 Å². The first-order chi connectivity index (χ1) is 9.50. The minimum Gasteiger partial charge on any atom is -0.453 e. The smallest absolute Gasteiger partial charge is 0.309 e. The lowest BCUT2D eigenvalue weighted by Crippen LogP contribution is -2.57. The number of carbonyl (C=O) groups excluding carboxylic acids is 1. The third-order valence-corrected chi connectivity index (χ3v) is 10.0. The topological polar surface area (TPSA) is 65.0 Å². The van der Waals surface area contributed by atoms with E-state index < -0.39 is 25.6 Å². The van der Waals surface area contributed by atoms with Gasteiger partial charge in [0, 0.05) is 0 Å². The molecule has 122 valence electrons. The number of fused-ring (bicyclic) bond motifs is 1. The van der Waals surface area contributed by atoms with Gasteiger partial charge in [-0.1, -0.05) is 27.7 Å².